The predicted octanol–water partition coefficient (Wildman–Crippen LogP) is 2.48. The Hall–Kier alpha value is -2.41. The quantitative estimate of drug-likeness (QED) is 0.606. The van der Waals surface area contributed by atoms with Crippen LogP contribution in [-0.2, 0) is 11.2 Å². The molecule has 0 aromatic heterocycles. The highest BCUT2D eigenvalue weighted by atomic mass is 16.5. The fourth-order valence-corrected chi connectivity index (χ4v) is 2.81. The van der Waals surface area contributed by atoms with E-state index in [1.54, 1.807) is 0 Å². The number of β-amino-alcohol motifs (C(OH)–C–C–N with tert-alkyl or cyclic N) is 1. The zero-order valence-electron chi connectivity index (χ0n) is 35.4. The highest BCUT2D eigenvalue weighted by Gasteiger charge is 2.21. The number of nitrogens with zero attached hydrogens (tertiary/aromatic N) is 2. The molecule has 3 rings (SSSR count). The van der Waals surface area contributed by atoms with Crippen molar-refractivity contribution in [1.82, 2.24) is 9.80 Å². The Labute approximate surface area is 212 Å². The van der Waals surface area contributed by atoms with E-state index in [2.05, 4.69) is 0 Å². The van der Waals surface area contributed by atoms with E-state index in [1.807, 2.05) is 0 Å². The van der Waals surface area contributed by atoms with Crippen molar-refractivity contribution < 1.29 is 45.4 Å². The number of ether oxygens (including phenoxy) is 2. The number of ketones is 1. The number of para-hydroxylation sites is 2. The fraction of sp³-hybridized carbons (Fsp3) is 0.480. The molecule has 0 aliphatic carbocycles. The first-order valence-corrected chi connectivity index (χ1v) is 9.24. The van der Waals surface area contributed by atoms with E-state index in [4.69, 9.17) is 35.5 Å². The summed E-state index contributed by atoms with van der Waals surface area (Å²) in [6, 6.07) is 1.80. The van der Waals surface area contributed by atoms with Crippen molar-refractivity contribution in [3.05, 3.63) is 59.1 Å². The summed E-state index contributed by atoms with van der Waals surface area (Å²) in [7, 11) is -2.98. The van der Waals surface area contributed by atoms with Gasteiger partial charge in [-0.2, -0.15) is 0 Å². The van der Waals surface area contributed by atoms with E-state index in [1.165, 1.54) is 12.1 Å². The predicted molar refractivity (Wildman–Crippen MR) is 122 cm³/mol. The average Bonchev–Trinajstić information content (AvgIpc) is 2.94. The van der Waals surface area contributed by atoms with Crippen molar-refractivity contribution in [3.63, 3.8) is 0 Å². The summed E-state index contributed by atoms with van der Waals surface area (Å²) in [4.78, 5) is 15.1. The number of methoxy groups -OCH3 is 1. The molecule has 0 amide bonds. The molecule has 1 aliphatic heterocycles. The van der Waals surface area contributed by atoms with Crippen LogP contribution in [0.1, 0.15) is 42.7 Å². The molecule has 0 bridgehead atoms. The van der Waals surface area contributed by atoms with Crippen LogP contribution in [0.4, 0.5) is 0 Å². The molecule has 2 aromatic rings. The van der Waals surface area contributed by atoms with Gasteiger partial charge in [0.05, 0.1) is 28.6 Å². The smallest absolute Gasteiger partial charge is 0.161 e. The third-order valence-electron chi connectivity index (χ3n) is 4.36. The van der Waals surface area contributed by atoms with E-state index < -0.39 is 131 Å². The van der Waals surface area contributed by atoms with Crippen LogP contribution in [0.5, 0.6) is 11.5 Å². The number of benzene rings is 2. The summed E-state index contributed by atoms with van der Waals surface area (Å²) in [6.07, 6.45) is -4.92. The van der Waals surface area contributed by atoms with Crippen LogP contribution in [0.2, 0.25) is 0 Å². The molecule has 1 fully saturated rings. The van der Waals surface area contributed by atoms with Gasteiger partial charge in [-0.05, 0) is 42.5 Å². The summed E-state index contributed by atoms with van der Waals surface area (Å²) in [6.45, 7) is -18.2. The topological polar surface area (TPSA) is 62.2 Å². The monoisotopic (exact) mass is 445 g/mol. The Bertz CT molecular complexity index is 1540. The summed E-state index contributed by atoms with van der Waals surface area (Å²) in [5.74, 6) is -2.43. The van der Waals surface area contributed by atoms with Crippen LogP contribution in [-0.4, -0.2) is 79.5 Å². The van der Waals surface area contributed by atoms with E-state index in [-0.39, 0.29) is 0 Å². The lowest BCUT2D eigenvalue weighted by Crippen LogP contribution is -2.50. The molecule has 1 aliphatic rings. The highest BCUT2D eigenvalue weighted by Crippen LogP contribution is 2.25. The summed E-state index contributed by atoms with van der Waals surface area (Å²) < 4.78 is 162. The number of hydrogen-bond acceptors (Lipinski definition) is 6. The number of piperazine rings is 1. The number of Topliss-reactive ketones (excluding diaryl/α,β-unsaturated/α-hetero) is 1. The highest BCUT2D eigenvalue weighted by molar-refractivity contribution is 5.83. The maximum atomic E-state index is 13.4. The second-order valence-corrected chi connectivity index (χ2v) is 6.50. The Balaban J connectivity index is 1.86. The van der Waals surface area contributed by atoms with Gasteiger partial charge in [-0.1, -0.05) is 30.3 Å². The lowest BCUT2D eigenvalue weighted by molar-refractivity contribution is -0.120. The van der Waals surface area contributed by atoms with Gasteiger partial charge >= 0.3 is 0 Å². The SMILES string of the molecule is [2H]c1c([2H])c(C([2H])([2H])[2H])c(CC(=O)C([2H])([2H])N2CCN(C([2H])([2H])C([2H])(O)C([2H])([2H])Oc3ccccc3OC([2H])([2H])[2H])CC2)c(C([2H])([2H])[2H])c1[2H]. The van der Waals surface area contributed by atoms with Gasteiger partial charge in [-0.15, -0.1) is 0 Å². The molecule has 31 heavy (non-hydrogen) atoms. The van der Waals surface area contributed by atoms with Gasteiger partial charge in [0.1, 0.15) is 12.6 Å². The first-order chi connectivity index (χ1) is 22.4. The van der Waals surface area contributed by atoms with Crippen molar-refractivity contribution in [2.75, 3.05) is 52.8 Å². The summed E-state index contributed by atoms with van der Waals surface area (Å²) in [5, 5.41) is 11.0. The lowest BCUT2D eigenvalue weighted by Gasteiger charge is -2.35. The van der Waals surface area contributed by atoms with Gasteiger partial charge in [0.2, 0.25) is 0 Å². The van der Waals surface area contributed by atoms with E-state index in [9.17, 15) is 9.90 Å². The number of rotatable bonds is 10. The largest absolute Gasteiger partial charge is 0.493 e. The Morgan fingerprint density at radius 3 is 2.55 bits per heavy atom. The first-order valence-electron chi connectivity index (χ1n) is 18.7. The molecule has 1 saturated heterocycles. The molecule has 168 valence electrons. The fourth-order valence-electron chi connectivity index (χ4n) is 2.81. The zero-order valence-corrected chi connectivity index (χ0v) is 16.4. The van der Waals surface area contributed by atoms with Gasteiger partial charge in [-0.3, -0.25) is 14.6 Å². The molecule has 1 unspecified atom stereocenters. The number of aliphatic hydroxyl groups is 1. The van der Waals surface area contributed by atoms with Crippen molar-refractivity contribution in [2.24, 2.45) is 0 Å². The van der Waals surface area contributed by atoms with Crippen molar-refractivity contribution in [2.45, 2.75) is 26.2 Å². The Kier molecular flexibility index (Phi) is 3.22. The molecule has 0 saturated carbocycles. The lowest BCUT2D eigenvalue weighted by atomic mass is 9.98. The van der Waals surface area contributed by atoms with Crippen LogP contribution in [0, 0.1) is 13.7 Å². The third kappa shape index (κ3) is 6.79. The minimum absolute atomic E-state index is 0.481. The molecule has 1 N–H and O–H groups in total. The van der Waals surface area contributed by atoms with E-state index >= 15 is 0 Å². The summed E-state index contributed by atoms with van der Waals surface area (Å²) >= 11 is 0. The first kappa shape index (κ1) is 8.85. The maximum Gasteiger partial charge on any atom is 0.161 e. The maximum absolute atomic E-state index is 13.4. The molecule has 0 spiro atoms. The van der Waals surface area contributed by atoms with Crippen molar-refractivity contribution in [1.29, 1.82) is 0 Å². The van der Waals surface area contributed by atoms with Crippen LogP contribution in [0.3, 0.4) is 0 Å². The van der Waals surface area contributed by atoms with Gasteiger partial charge in [0.25, 0.3) is 0 Å². The Morgan fingerprint density at radius 2 is 1.87 bits per heavy atom. The number of carbonyl (C=O) groups is 1. The average molecular weight is 446 g/mol. The van der Waals surface area contributed by atoms with Crippen LogP contribution >= 0.6 is 0 Å². The standard InChI is InChI=1S/C25H34N2O4/c1-19-7-6-8-20(2)23(19)15-21(28)16-26-11-13-27(14-12-26)17-22(29)18-31-25-10-5-4-9-24(25)30-3/h4-10,22,29H,11-18H2,1-3H3/i1D3,2D3,3D3,6D,7D,8D,16D2,17D2,18D2,22D. The number of carbonyl (C=O) groups excluding carboxylic acids is 1. The van der Waals surface area contributed by atoms with Gasteiger partial charge in [-0.25, -0.2) is 0 Å². The molecule has 1 heterocycles. The molecule has 6 heteroatoms. The van der Waals surface area contributed by atoms with Gasteiger partial charge in [0, 0.05) is 50.1 Å². The van der Waals surface area contributed by atoms with Crippen molar-refractivity contribution >= 4 is 5.78 Å². The van der Waals surface area contributed by atoms with Crippen LogP contribution in [0.25, 0.3) is 0 Å². The minimum atomic E-state index is -3.73. The zero-order chi connectivity index (χ0) is 38.6. The van der Waals surface area contributed by atoms with Gasteiger partial charge in [0.15, 0.2) is 17.3 Å². The number of hydrogen-bond donors (Lipinski definition) is 1. The van der Waals surface area contributed by atoms with E-state index in [0.717, 1.165) is 21.9 Å². The molecule has 2 aromatic carbocycles. The second kappa shape index (κ2) is 11.3. The molecule has 6 nitrogen and oxygen atoms in total. The molecular weight excluding hydrogens is 392 g/mol. The second-order valence-electron chi connectivity index (χ2n) is 6.50. The normalized spacial score (nSPS) is 28.7. The molecule has 0 radical (unpaired) electrons. The van der Waals surface area contributed by atoms with Gasteiger partial charge < -0.3 is 14.6 Å². The Morgan fingerprint density at radius 1 is 1.19 bits per heavy atom. The summed E-state index contributed by atoms with van der Waals surface area (Å²) in [5.41, 5.74) is -2.76. The van der Waals surface area contributed by atoms with Crippen molar-refractivity contribution in [3.8, 4) is 11.5 Å². The molecular formula is C25H34N2O4. The third-order valence-corrected chi connectivity index (χ3v) is 4.36. The molecule has 1 atom stereocenters. The van der Waals surface area contributed by atoms with E-state index in [0.29, 0.717) is 0 Å². The van der Waals surface area contributed by atoms with Crippen LogP contribution in [0.15, 0.2) is 42.4 Å². The van der Waals surface area contributed by atoms with Crippen LogP contribution < -0.4 is 9.47 Å². The minimum Gasteiger partial charge on any atom is -0.493 e.